The van der Waals surface area contributed by atoms with E-state index in [1.165, 1.54) is 36.9 Å². The minimum atomic E-state index is -3.76. The molecule has 0 aliphatic rings. The molecule has 0 saturated carbocycles. The Kier molecular flexibility index (Phi) is 6.68. The van der Waals surface area contributed by atoms with Gasteiger partial charge in [0, 0.05) is 12.1 Å². The molecule has 0 spiro atoms. The van der Waals surface area contributed by atoms with E-state index in [0.29, 0.717) is 5.02 Å². The van der Waals surface area contributed by atoms with Crippen LogP contribution in [0.2, 0.25) is 5.02 Å². The van der Waals surface area contributed by atoms with Crippen LogP contribution in [0.15, 0.2) is 41.3 Å². The first-order chi connectivity index (χ1) is 12.5. The van der Waals surface area contributed by atoms with Gasteiger partial charge in [0.15, 0.2) is 0 Å². The van der Waals surface area contributed by atoms with Gasteiger partial charge in [0.1, 0.15) is 0 Å². The zero-order valence-corrected chi connectivity index (χ0v) is 17.8. The topological polar surface area (TPSA) is 66.5 Å². The first-order valence-corrected chi connectivity index (χ1v) is 10.4. The van der Waals surface area contributed by atoms with Crippen molar-refractivity contribution in [1.82, 2.24) is 9.62 Å². The third-order valence-electron chi connectivity index (χ3n) is 4.61. The third kappa shape index (κ3) is 5.09. The summed E-state index contributed by atoms with van der Waals surface area (Å²) in [5.41, 5.74) is 4.46. The van der Waals surface area contributed by atoms with Crippen LogP contribution in [0.3, 0.4) is 0 Å². The van der Waals surface area contributed by atoms with Gasteiger partial charge in [-0.2, -0.15) is 4.31 Å². The molecule has 0 radical (unpaired) electrons. The van der Waals surface area contributed by atoms with Crippen LogP contribution >= 0.6 is 11.6 Å². The highest BCUT2D eigenvalue weighted by atomic mass is 35.5. The average molecular weight is 409 g/mol. The maximum absolute atomic E-state index is 12.6. The Morgan fingerprint density at radius 3 is 2.22 bits per heavy atom. The molecule has 0 aliphatic carbocycles. The molecule has 1 unspecified atom stereocenters. The molecule has 0 bridgehead atoms. The molecule has 2 aromatic rings. The number of aryl methyl sites for hydroxylation is 3. The summed E-state index contributed by atoms with van der Waals surface area (Å²) in [4.78, 5) is 12.5. The maximum Gasteiger partial charge on any atom is 0.243 e. The second kappa shape index (κ2) is 8.42. The molecule has 0 saturated heterocycles. The first kappa shape index (κ1) is 21.4. The number of nitrogens with zero attached hydrogens (tertiary/aromatic N) is 1. The summed E-state index contributed by atoms with van der Waals surface area (Å²) >= 11 is 5.80. The lowest BCUT2D eigenvalue weighted by atomic mass is 9.96. The lowest BCUT2D eigenvalue weighted by Crippen LogP contribution is -2.39. The molecule has 0 heterocycles. The number of likely N-dealkylation sites (N-methyl/N-ethyl adjacent to an activating group) is 1. The molecule has 0 aliphatic heterocycles. The number of hydrogen-bond donors (Lipinski definition) is 1. The van der Waals surface area contributed by atoms with Crippen molar-refractivity contribution in [2.45, 2.75) is 38.6 Å². The largest absolute Gasteiger partial charge is 0.348 e. The Hall–Kier alpha value is -1.89. The zero-order chi connectivity index (χ0) is 20.4. The van der Waals surface area contributed by atoms with Crippen molar-refractivity contribution in [3.63, 3.8) is 0 Å². The summed E-state index contributed by atoms with van der Waals surface area (Å²) in [6, 6.07) is 9.79. The molecular formula is C20H25ClN2O3S. The lowest BCUT2D eigenvalue weighted by Gasteiger charge is -2.21. The van der Waals surface area contributed by atoms with Crippen molar-refractivity contribution in [1.29, 1.82) is 0 Å². The van der Waals surface area contributed by atoms with Crippen LogP contribution < -0.4 is 5.32 Å². The number of carbonyl (C=O) groups is 1. The predicted octanol–water partition coefficient (Wildman–Crippen LogP) is 3.76. The van der Waals surface area contributed by atoms with E-state index >= 15 is 0 Å². The van der Waals surface area contributed by atoms with E-state index in [9.17, 15) is 13.2 Å². The van der Waals surface area contributed by atoms with Gasteiger partial charge in [-0.3, -0.25) is 4.79 Å². The van der Waals surface area contributed by atoms with Crippen LogP contribution in [0.5, 0.6) is 0 Å². The van der Waals surface area contributed by atoms with Gasteiger partial charge in [0.2, 0.25) is 15.9 Å². The summed E-state index contributed by atoms with van der Waals surface area (Å²) in [6.07, 6.45) is 0. The molecule has 1 amide bonds. The van der Waals surface area contributed by atoms with Gasteiger partial charge in [0.25, 0.3) is 0 Å². The molecular weight excluding hydrogens is 384 g/mol. The van der Waals surface area contributed by atoms with E-state index in [4.69, 9.17) is 11.6 Å². The van der Waals surface area contributed by atoms with Crippen LogP contribution in [0.25, 0.3) is 0 Å². The van der Waals surface area contributed by atoms with Crippen LogP contribution in [0.1, 0.15) is 35.2 Å². The van der Waals surface area contributed by atoms with Gasteiger partial charge in [-0.15, -0.1) is 0 Å². The molecule has 0 aromatic heterocycles. The fraction of sp³-hybridized carbons (Fsp3) is 0.350. The lowest BCUT2D eigenvalue weighted by molar-refractivity contribution is -0.121. The van der Waals surface area contributed by atoms with Crippen LogP contribution in [-0.4, -0.2) is 32.2 Å². The summed E-state index contributed by atoms with van der Waals surface area (Å²) in [5, 5.41) is 3.33. The van der Waals surface area contributed by atoms with Crippen molar-refractivity contribution in [3.05, 3.63) is 63.7 Å². The molecule has 7 heteroatoms. The highest BCUT2D eigenvalue weighted by molar-refractivity contribution is 7.89. The highest BCUT2D eigenvalue weighted by Gasteiger charge is 2.23. The van der Waals surface area contributed by atoms with Gasteiger partial charge >= 0.3 is 0 Å². The number of rotatable bonds is 6. The number of carbonyl (C=O) groups excluding carboxylic acids is 1. The first-order valence-electron chi connectivity index (χ1n) is 8.61. The summed E-state index contributed by atoms with van der Waals surface area (Å²) < 4.78 is 26.2. The molecule has 5 nitrogen and oxygen atoms in total. The van der Waals surface area contributed by atoms with Gasteiger partial charge in [-0.25, -0.2) is 8.42 Å². The number of benzene rings is 2. The minimum Gasteiger partial charge on any atom is -0.348 e. The van der Waals surface area contributed by atoms with Crippen LogP contribution in [-0.2, 0) is 14.8 Å². The zero-order valence-electron chi connectivity index (χ0n) is 16.2. The minimum absolute atomic E-state index is 0.0975. The Morgan fingerprint density at radius 1 is 1.07 bits per heavy atom. The Labute approximate surface area is 166 Å². The number of hydrogen-bond acceptors (Lipinski definition) is 3. The summed E-state index contributed by atoms with van der Waals surface area (Å²) in [6.45, 7) is 7.70. The maximum atomic E-state index is 12.6. The van der Waals surface area contributed by atoms with Crippen molar-refractivity contribution in [2.24, 2.45) is 0 Å². The van der Waals surface area contributed by atoms with Crippen molar-refractivity contribution in [3.8, 4) is 0 Å². The quantitative estimate of drug-likeness (QED) is 0.791. The molecule has 2 rings (SSSR count). The summed E-state index contributed by atoms with van der Waals surface area (Å²) in [7, 11) is -2.37. The number of amides is 1. The molecule has 27 heavy (non-hydrogen) atoms. The van der Waals surface area contributed by atoms with E-state index in [0.717, 1.165) is 21.0 Å². The normalized spacial score (nSPS) is 12.9. The Morgan fingerprint density at radius 2 is 1.63 bits per heavy atom. The van der Waals surface area contributed by atoms with Gasteiger partial charge in [-0.1, -0.05) is 23.7 Å². The fourth-order valence-corrected chi connectivity index (χ4v) is 4.14. The number of sulfonamides is 1. The Bertz CT molecular complexity index is 940. The number of halogens is 1. The van der Waals surface area contributed by atoms with E-state index in [1.54, 1.807) is 0 Å². The van der Waals surface area contributed by atoms with Gasteiger partial charge in [0.05, 0.1) is 17.5 Å². The molecule has 2 aromatic carbocycles. The molecule has 1 atom stereocenters. The second-order valence-electron chi connectivity index (χ2n) is 6.80. The van der Waals surface area contributed by atoms with Gasteiger partial charge < -0.3 is 5.32 Å². The van der Waals surface area contributed by atoms with E-state index < -0.39 is 10.0 Å². The average Bonchev–Trinajstić information content (AvgIpc) is 2.58. The summed E-state index contributed by atoms with van der Waals surface area (Å²) in [5.74, 6) is -0.361. The standard InChI is InChI=1S/C20H25ClN2O3S/c1-13-10-15(3)19(11-14(13)2)16(4)22-20(24)12-23(5)27(25,26)18-8-6-17(21)7-9-18/h6-11,16H,12H2,1-5H3,(H,22,24). The van der Waals surface area contributed by atoms with Crippen molar-refractivity contribution >= 4 is 27.5 Å². The molecule has 146 valence electrons. The smallest absolute Gasteiger partial charge is 0.243 e. The van der Waals surface area contributed by atoms with Crippen molar-refractivity contribution in [2.75, 3.05) is 13.6 Å². The van der Waals surface area contributed by atoms with E-state index in [2.05, 4.69) is 17.4 Å². The van der Waals surface area contributed by atoms with Crippen molar-refractivity contribution < 1.29 is 13.2 Å². The van der Waals surface area contributed by atoms with Gasteiger partial charge in [-0.05, 0) is 74.2 Å². The predicted molar refractivity (Wildman–Crippen MR) is 108 cm³/mol. The van der Waals surface area contributed by atoms with Crippen LogP contribution in [0, 0.1) is 20.8 Å². The monoisotopic (exact) mass is 408 g/mol. The molecule has 1 N–H and O–H groups in total. The molecule has 0 fully saturated rings. The highest BCUT2D eigenvalue weighted by Crippen LogP contribution is 2.22. The number of nitrogens with one attached hydrogen (secondary N) is 1. The second-order valence-corrected chi connectivity index (χ2v) is 9.28. The van der Waals surface area contributed by atoms with Crippen LogP contribution in [0.4, 0.5) is 0 Å². The third-order valence-corrected chi connectivity index (χ3v) is 6.68. The Balaban J connectivity index is 2.08. The van der Waals surface area contributed by atoms with E-state index in [-0.39, 0.29) is 23.4 Å². The SMILES string of the molecule is Cc1cc(C)c(C(C)NC(=O)CN(C)S(=O)(=O)c2ccc(Cl)cc2)cc1C. The fourth-order valence-electron chi connectivity index (χ4n) is 2.89. The van der Waals surface area contributed by atoms with E-state index in [1.807, 2.05) is 27.7 Å².